The summed E-state index contributed by atoms with van der Waals surface area (Å²) in [7, 11) is -3.73. The molecule has 146 valence electrons. The van der Waals surface area contributed by atoms with Crippen molar-refractivity contribution in [2.45, 2.75) is 39.3 Å². The van der Waals surface area contributed by atoms with Gasteiger partial charge in [0.15, 0.2) is 0 Å². The number of hydrogen-bond donors (Lipinski definition) is 1. The number of nitrogens with zero attached hydrogens (tertiary/aromatic N) is 1. The molecule has 0 radical (unpaired) electrons. The molecule has 0 unspecified atom stereocenters. The Morgan fingerprint density at radius 1 is 1.07 bits per heavy atom. The Balaban J connectivity index is 2.20. The minimum absolute atomic E-state index is 0.238. The summed E-state index contributed by atoms with van der Waals surface area (Å²) in [5.74, 6) is -0.912. The smallest absolute Gasteiger partial charge is 0.244 e. The molecule has 0 aliphatic rings. The van der Waals surface area contributed by atoms with Crippen LogP contribution in [0.25, 0.3) is 0 Å². The van der Waals surface area contributed by atoms with Crippen molar-refractivity contribution in [1.82, 2.24) is 5.32 Å². The first-order chi connectivity index (χ1) is 12.6. The van der Waals surface area contributed by atoms with Crippen molar-refractivity contribution in [3.05, 3.63) is 65.5 Å². The summed E-state index contributed by atoms with van der Waals surface area (Å²) >= 11 is 0. The van der Waals surface area contributed by atoms with Crippen LogP contribution in [0.3, 0.4) is 0 Å². The summed E-state index contributed by atoms with van der Waals surface area (Å²) in [6.07, 6.45) is 1.95. The predicted octanol–water partition coefficient (Wildman–Crippen LogP) is 3.42. The first kappa shape index (κ1) is 20.9. The quantitative estimate of drug-likeness (QED) is 0.785. The molecule has 2 aromatic rings. The van der Waals surface area contributed by atoms with E-state index >= 15 is 0 Å². The molecule has 2 atom stereocenters. The van der Waals surface area contributed by atoms with Crippen LogP contribution >= 0.6 is 0 Å². The molecule has 1 amide bonds. The van der Waals surface area contributed by atoms with E-state index in [-0.39, 0.29) is 11.7 Å². The highest BCUT2D eigenvalue weighted by molar-refractivity contribution is 7.92. The van der Waals surface area contributed by atoms with Crippen molar-refractivity contribution in [2.75, 3.05) is 10.6 Å². The molecular formula is C20H25FN2O3S. The molecule has 1 N–H and O–H groups in total. The molecule has 0 fully saturated rings. The zero-order chi connectivity index (χ0) is 20.2. The van der Waals surface area contributed by atoms with E-state index in [1.54, 1.807) is 0 Å². The first-order valence-electron chi connectivity index (χ1n) is 8.77. The fraction of sp³-hybridized carbons (Fsp3) is 0.350. The normalized spacial score (nSPS) is 13.7. The van der Waals surface area contributed by atoms with Crippen molar-refractivity contribution in [3.63, 3.8) is 0 Å². The van der Waals surface area contributed by atoms with Crippen molar-refractivity contribution in [1.29, 1.82) is 0 Å². The molecule has 27 heavy (non-hydrogen) atoms. The van der Waals surface area contributed by atoms with E-state index in [2.05, 4.69) is 12.2 Å². The Labute approximate surface area is 160 Å². The monoisotopic (exact) mass is 392 g/mol. The largest absolute Gasteiger partial charge is 0.348 e. The van der Waals surface area contributed by atoms with Crippen LogP contribution in [0, 0.1) is 5.82 Å². The van der Waals surface area contributed by atoms with Crippen molar-refractivity contribution >= 4 is 21.6 Å². The Kier molecular flexibility index (Phi) is 6.59. The van der Waals surface area contributed by atoms with Gasteiger partial charge in [0.05, 0.1) is 18.0 Å². The highest BCUT2D eigenvalue weighted by Crippen LogP contribution is 2.22. The standard InChI is InChI=1S/C20H25FN2O3S/c1-5-16-6-8-17(9-7-16)14(2)22-20(24)15(3)23(27(4,25)26)19-12-10-18(21)11-13-19/h6-15H,5H2,1-4H3,(H,22,24)/t14-,15+/m0/s1. The molecule has 2 aromatic carbocycles. The Morgan fingerprint density at radius 2 is 1.63 bits per heavy atom. The van der Waals surface area contributed by atoms with Gasteiger partial charge in [-0.05, 0) is 55.7 Å². The maximum Gasteiger partial charge on any atom is 0.244 e. The second kappa shape index (κ2) is 8.52. The summed E-state index contributed by atoms with van der Waals surface area (Å²) in [6, 6.07) is 11.6. The zero-order valence-electron chi connectivity index (χ0n) is 15.9. The summed E-state index contributed by atoms with van der Waals surface area (Å²) in [4.78, 5) is 12.7. The Hall–Kier alpha value is -2.41. The minimum atomic E-state index is -3.73. The highest BCUT2D eigenvalue weighted by Gasteiger charge is 2.29. The van der Waals surface area contributed by atoms with Crippen LogP contribution in [0.2, 0.25) is 0 Å². The molecule has 0 saturated carbocycles. The van der Waals surface area contributed by atoms with Crippen LogP contribution in [0.15, 0.2) is 48.5 Å². The van der Waals surface area contributed by atoms with Gasteiger partial charge < -0.3 is 5.32 Å². The second-order valence-electron chi connectivity index (χ2n) is 6.54. The third kappa shape index (κ3) is 5.29. The number of hydrogen-bond acceptors (Lipinski definition) is 3. The number of amides is 1. The molecule has 7 heteroatoms. The van der Waals surface area contributed by atoms with Crippen LogP contribution in [-0.4, -0.2) is 26.6 Å². The average molecular weight is 392 g/mol. The lowest BCUT2D eigenvalue weighted by atomic mass is 10.0. The molecule has 0 spiro atoms. The maximum atomic E-state index is 13.2. The second-order valence-corrected chi connectivity index (χ2v) is 8.40. The average Bonchev–Trinajstić information content (AvgIpc) is 2.62. The number of aryl methyl sites for hydroxylation is 1. The molecule has 0 aromatic heterocycles. The third-order valence-electron chi connectivity index (χ3n) is 4.42. The number of carbonyl (C=O) groups excluding carboxylic acids is 1. The third-order valence-corrected chi connectivity index (χ3v) is 5.66. The summed E-state index contributed by atoms with van der Waals surface area (Å²) in [5.41, 5.74) is 2.37. The van der Waals surface area contributed by atoms with Gasteiger partial charge in [0.2, 0.25) is 15.9 Å². The van der Waals surface area contributed by atoms with Gasteiger partial charge in [0.1, 0.15) is 11.9 Å². The number of anilines is 1. The van der Waals surface area contributed by atoms with Gasteiger partial charge in [-0.25, -0.2) is 12.8 Å². The number of sulfonamides is 1. The molecule has 0 aliphatic carbocycles. The van der Waals surface area contributed by atoms with Crippen molar-refractivity contribution in [3.8, 4) is 0 Å². The summed E-state index contributed by atoms with van der Waals surface area (Å²) in [6.45, 7) is 5.41. The van der Waals surface area contributed by atoms with Crippen LogP contribution in [0.4, 0.5) is 10.1 Å². The van der Waals surface area contributed by atoms with Gasteiger partial charge in [0.25, 0.3) is 0 Å². The van der Waals surface area contributed by atoms with E-state index < -0.39 is 27.8 Å². The predicted molar refractivity (Wildman–Crippen MR) is 106 cm³/mol. The SMILES string of the molecule is CCc1ccc([C@H](C)NC(=O)[C@@H](C)N(c2ccc(F)cc2)S(C)(=O)=O)cc1. The molecule has 5 nitrogen and oxygen atoms in total. The molecule has 2 rings (SSSR count). The number of benzene rings is 2. The van der Waals surface area contributed by atoms with E-state index in [9.17, 15) is 17.6 Å². The Bertz CT molecular complexity index is 880. The van der Waals surface area contributed by atoms with E-state index in [4.69, 9.17) is 0 Å². The van der Waals surface area contributed by atoms with Gasteiger partial charge >= 0.3 is 0 Å². The summed E-state index contributed by atoms with van der Waals surface area (Å²) < 4.78 is 38.6. The van der Waals surface area contributed by atoms with Crippen LogP contribution in [-0.2, 0) is 21.2 Å². The fourth-order valence-corrected chi connectivity index (χ4v) is 4.03. The van der Waals surface area contributed by atoms with Crippen molar-refractivity contribution < 1.29 is 17.6 Å². The minimum Gasteiger partial charge on any atom is -0.348 e. The maximum absolute atomic E-state index is 13.2. The van der Waals surface area contributed by atoms with Gasteiger partial charge in [-0.3, -0.25) is 9.10 Å². The lowest BCUT2D eigenvalue weighted by molar-refractivity contribution is -0.122. The molecular weight excluding hydrogens is 367 g/mol. The first-order valence-corrected chi connectivity index (χ1v) is 10.6. The van der Waals surface area contributed by atoms with E-state index in [0.717, 1.165) is 34.7 Å². The molecule has 0 bridgehead atoms. The topological polar surface area (TPSA) is 66.5 Å². The highest BCUT2D eigenvalue weighted by atomic mass is 32.2. The van der Waals surface area contributed by atoms with Crippen LogP contribution in [0.1, 0.15) is 37.9 Å². The van der Waals surface area contributed by atoms with E-state index in [0.29, 0.717) is 0 Å². The van der Waals surface area contributed by atoms with Gasteiger partial charge in [-0.2, -0.15) is 0 Å². The van der Waals surface area contributed by atoms with Gasteiger partial charge in [-0.15, -0.1) is 0 Å². The Morgan fingerprint density at radius 3 is 2.11 bits per heavy atom. The van der Waals surface area contributed by atoms with Gasteiger partial charge in [-0.1, -0.05) is 31.2 Å². The van der Waals surface area contributed by atoms with E-state index in [1.165, 1.54) is 24.6 Å². The van der Waals surface area contributed by atoms with E-state index in [1.807, 2.05) is 31.2 Å². The fourth-order valence-electron chi connectivity index (χ4n) is 2.86. The lowest BCUT2D eigenvalue weighted by Gasteiger charge is -2.29. The molecule has 0 heterocycles. The molecule has 0 saturated heterocycles. The lowest BCUT2D eigenvalue weighted by Crippen LogP contribution is -2.48. The number of halogens is 1. The number of nitrogens with one attached hydrogen (secondary N) is 1. The van der Waals surface area contributed by atoms with Crippen LogP contribution in [0.5, 0.6) is 0 Å². The van der Waals surface area contributed by atoms with Crippen molar-refractivity contribution in [2.24, 2.45) is 0 Å². The molecule has 0 aliphatic heterocycles. The summed E-state index contributed by atoms with van der Waals surface area (Å²) in [5, 5.41) is 2.85. The zero-order valence-corrected chi connectivity index (χ0v) is 16.8. The van der Waals surface area contributed by atoms with Gasteiger partial charge in [0, 0.05) is 0 Å². The van der Waals surface area contributed by atoms with Crippen LogP contribution < -0.4 is 9.62 Å². The number of rotatable bonds is 7. The number of carbonyl (C=O) groups is 1.